The van der Waals surface area contributed by atoms with Gasteiger partial charge in [0.25, 0.3) is 5.65 Å². The lowest BCUT2D eigenvalue weighted by Crippen LogP contribution is -2.27. The molecule has 2 saturated carbocycles. The molecule has 0 unspecified atom stereocenters. The average Bonchev–Trinajstić information content (AvgIpc) is 3.61. The van der Waals surface area contributed by atoms with Crippen molar-refractivity contribution in [3.8, 4) is 0 Å². The summed E-state index contributed by atoms with van der Waals surface area (Å²) in [5, 5.41) is 2.70. The van der Waals surface area contributed by atoms with Crippen LogP contribution in [0.5, 0.6) is 0 Å². The van der Waals surface area contributed by atoms with E-state index in [9.17, 15) is 0 Å². The zero-order chi connectivity index (χ0) is 22.1. The van der Waals surface area contributed by atoms with Crippen molar-refractivity contribution in [1.82, 2.24) is 9.38 Å². The zero-order valence-corrected chi connectivity index (χ0v) is 19.8. The fraction of sp³-hybridized carbons (Fsp3) is 0.400. The van der Waals surface area contributed by atoms with Crippen LogP contribution >= 0.6 is 0 Å². The van der Waals surface area contributed by atoms with E-state index in [2.05, 4.69) is 65.4 Å². The molecule has 7 rings (SSSR count). The van der Waals surface area contributed by atoms with Gasteiger partial charge in [0.1, 0.15) is 5.52 Å². The summed E-state index contributed by atoms with van der Waals surface area (Å²) < 4.78 is 4.93. The van der Waals surface area contributed by atoms with Crippen molar-refractivity contribution >= 4 is 38.5 Å². The van der Waals surface area contributed by atoms with Crippen molar-refractivity contribution in [2.75, 3.05) is 0 Å². The second-order valence-corrected chi connectivity index (χ2v) is 10.5. The Morgan fingerprint density at radius 3 is 2.36 bits per heavy atom. The van der Waals surface area contributed by atoms with Crippen LogP contribution in [0.2, 0.25) is 0 Å². The van der Waals surface area contributed by atoms with Crippen LogP contribution < -0.4 is 4.57 Å². The first-order chi connectivity index (χ1) is 16.2. The summed E-state index contributed by atoms with van der Waals surface area (Å²) in [6.45, 7) is 2.25. The third-order valence-corrected chi connectivity index (χ3v) is 8.67. The highest BCUT2D eigenvalue weighted by atomic mass is 15.1. The van der Waals surface area contributed by atoms with Gasteiger partial charge in [0.15, 0.2) is 11.0 Å². The number of nitrogens with zero attached hydrogens (tertiary/aromatic N) is 3. The van der Waals surface area contributed by atoms with E-state index in [-0.39, 0.29) is 0 Å². The number of para-hydroxylation sites is 2. The number of hydrogen-bond acceptors (Lipinski definition) is 1. The SMILES string of the molecule is Cc1ccnc2c3c(C4CCCC4)cc(C4CCCC4)cc3n3c4ccccc4[n+](C)c3c12. The van der Waals surface area contributed by atoms with Gasteiger partial charge in [-0.05, 0) is 85.4 Å². The lowest BCUT2D eigenvalue weighted by Gasteiger charge is -2.19. The molecule has 166 valence electrons. The molecule has 0 aliphatic heterocycles. The fourth-order valence-electron chi connectivity index (χ4n) is 7.03. The van der Waals surface area contributed by atoms with E-state index in [4.69, 9.17) is 4.98 Å². The monoisotopic (exact) mass is 434 g/mol. The summed E-state index contributed by atoms with van der Waals surface area (Å²) in [7, 11) is 2.22. The molecule has 2 aliphatic carbocycles. The third kappa shape index (κ3) is 2.74. The van der Waals surface area contributed by atoms with Gasteiger partial charge in [0.2, 0.25) is 0 Å². The Hall–Kier alpha value is -2.94. The predicted molar refractivity (Wildman–Crippen MR) is 136 cm³/mol. The molecule has 0 spiro atoms. The number of aromatic nitrogens is 3. The predicted octanol–water partition coefficient (Wildman–Crippen LogP) is 7.24. The van der Waals surface area contributed by atoms with E-state index in [1.165, 1.54) is 95.4 Å². The summed E-state index contributed by atoms with van der Waals surface area (Å²) in [6, 6.07) is 16.2. The number of aryl methyl sites for hydroxylation is 2. The van der Waals surface area contributed by atoms with E-state index >= 15 is 0 Å². The van der Waals surface area contributed by atoms with Crippen LogP contribution in [-0.2, 0) is 7.05 Å². The normalized spacial score (nSPS) is 18.0. The van der Waals surface area contributed by atoms with Crippen LogP contribution in [0.1, 0.15) is 79.9 Å². The van der Waals surface area contributed by atoms with Crippen molar-refractivity contribution in [3.63, 3.8) is 0 Å². The van der Waals surface area contributed by atoms with Crippen LogP contribution in [-0.4, -0.2) is 9.38 Å². The van der Waals surface area contributed by atoms with Gasteiger partial charge in [-0.15, -0.1) is 0 Å². The molecule has 3 aromatic heterocycles. The molecule has 2 fully saturated rings. The first-order valence-corrected chi connectivity index (χ1v) is 12.9. The summed E-state index contributed by atoms with van der Waals surface area (Å²) in [5.74, 6) is 1.37. The number of pyridine rings is 2. The largest absolute Gasteiger partial charge is 0.297 e. The van der Waals surface area contributed by atoms with Crippen molar-refractivity contribution in [2.24, 2.45) is 7.05 Å². The van der Waals surface area contributed by atoms with E-state index in [1.54, 1.807) is 11.1 Å². The minimum atomic E-state index is 0.660. The standard InChI is InChI=1S/C30H32N3/c1-19-15-16-31-29-27(19)30-32(2)24-13-7-8-14-25(24)33(30)26-18-22(20-9-3-4-10-20)17-23(28(26)29)21-11-5-6-12-21/h7-8,13-18,20-21H,3-6,9-12H2,1-2H3/q+1. The second-order valence-electron chi connectivity index (χ2n) is 10.5. The molecule has 3 heterocycles. The first kappa shape index (κ1) is 19.5. The number of rotatable bonds is 2. The van der Waals surface area contributed by atoms with Crippen molar-refractivity contribution in [1.29, 1.82) is 0 Å². The van der Waals surface area contributed by atoms with Gasteiger partial charge >= 0.3 is 0 Å². The number of fused-ring (bicyclic) bond motifs is 8. The molecule has 3 heteroatoms. The summed E-state index contributed by atoms with van der Waals surface area (Å²) in [4.78, 5) is 5.06. The van der Waals surface area contributed by atoms with E-state index in [1.807, 2.05) is 6.20 Å². The Kier molecular flexibility index (Phi) is 4.31. The van der Waals surface area contributed by atoms with Crippen molar-refractivity contribution < 1.29 is 4.57 Å². The maximum atomic E-state index is 5.06. The third-order valence-electron chi connectivity index (χ3n) is 8.67. The summed E-state index contributed by atoms with van der Waals surface area (Å²) >= 11 is 0. The molecule has 0 saturated heterocycles. The highest BCUT2D eigenvalue weighted by Gasteiger charge is 2.30. The van der Waals surface area contributed by atoms with E-state index < -0.39 is 0 Å². The van der Waals surface area contributed by atoms with Gasteiger partial charge in [-0.1, -0.05) is 43.9 Å². The maximum absolute atomic E-state index is 5.06. The van der Waals surface area contributed by atoms with Crippen LogP contribution in [0.15, 0.2) is 48.7 Å². The summed E-state index contributed by atoms with van der Waals surface area (Å²) in [5.41, 5.74) is 10.8. The molecule has 0 radical (unpaired) electrons. The molecule has 5 aromatic rings. The zero-order valence-electron chi connectivity index (χ0n) is 19.8. The molecule has 3 nitrogen and oxygen atoms in total. The van der Waals surface area contributed by atoms with Gasteiger partial charge in [-0.25, -0.2) is 4.57 Å². The molecule has 0 N–H and O–H groups in total. The minimum absolute atomic E-state index is 0.660. The van der Waals surface area contributed by atoms with E-state index in [0.29, 0.717) is 11.8 Å². The fourth-order valence-corrected chi connectivity index (χ4v) is 7.03. The second kappa shape index (κ2) is 7.28. The first-order valence-electron chi connectivity index (χ1n) is 12.9. The van der Waals surface area contributed by atoms with Crippen LogP contribution in [0.3, 0.4) is 0 Å². The van der Waals surface area contributed by atoms with E-state index in [0.717, 1.165) is 0 Å². The van der Waals surface area contributed by atoms with Crippen molar-refractivity contribution in [2.45, 2.75) is 70.1 Å². The molecular formula is C30H32N3+. The highest BCUT2D eigenvalue weighted by molar-refractivity contribution is 6.13. The Morgan fingerprint density at radius 1 is 0.848 bits per heavy atom. The molecule has 0 bridgehead atoms. The molecule has 0 atom stereocenters. The Labute approximate surface area is 195 Å². The highest BCUT2D eigenvalue weighted by Crippen LogP contribution is 2.44. The van der Waals surface area contributed by atoms with Gasteiger partial charge in [0, 0.05) is 6.20 Å². The molecule has 2 aliphatic rings. The van der Waals surface area contributed by atoms with Crippen molar-refractivity contribution in [3.05, 3.63) is 65.4 Å². The van der Waals surface area contributed by atoms with Gasteiger partial charge in [-0.2, -0.15) is 4.40 Å². The minimum Gasteiger partial charge on any atom is -0.255 e. The molecular weight excluding hydrogens is 402 g/mol. The average molecular weight is 435 g/mol. The summed E-state index contributed by atoms with van der Waals surface area (Å²) in [6.07, 6.45) is 12.8. The lowest BCUT2D eigenvalue weighted by molar-refractivity contribution is -0.617. The van der Waals surface area contributed by atoms with Gasteiger partial charge in [-0.3, -0.25) is 4.98 Å². The lowest BCUT2D eigenvalue weighted by atomic mass is 9.87. The van der Waals surface area contributed by atoms with Gasteiger partial charge in [0.05, 0.1) is 23.3 Å². The Bertz CT molecular complexity index is 1550. The molecule has 33 heavy (non-hydrogen) atoms. The topological polar surface area (TPSA) is 21.2 Å². The van der Waals surface area contributed by atoms with Crippen LogP contribution in [0, 0.1) is 6.92 Å². The number of hydrogen-bond donors (Lipinski definition) is 0. The van der Waals surface area contributed by atoms with Crippen LogP contribution in [0.25, 0.3) is 38.5 Å². The van der Waals surface area contributed by atoms with Crippen LogP contribution in [0.4, 0.5) is 0 Å². The maximum Gasteiger partial charge on any atom is 0.297 e. The molecule has 2 aromatic carbocycles. The quantitative estimate of drug-likeness (QED) is 0.212. The number of imidazole rings is 1. The Morgan fingerprint density at radius 2 is 1.58 bits per heavy atom. The smallest absolute Gasteiger partial charge is 0.255 e. The van der Waals surface area contributed by atoms with Gasteiger partial charge < -0.3 is 0 Å². The molecule has 0 amide bonds. The Balaban J connectivity index is 1.75. The number of benzene rings is 2.